The third-order valence-corrected chi connectivity index (χ3v) is 19.2. The van der Waals surface area contributed by atoms with E-state index in [1.807, 2.05) is 12.1 Å². The van der Waals surface area contributed by atoms with Crippen molar-refractivity contribution >= 4 is 37.1 Å². The number of hydrogen-bond acceptors (Lipinski definition) is 0. The van der Waals surface area contributed by atoms with Gasteiger partial charge < -0.3 is 12.8 Å². The Bertz CT molecular complexity index is 2580. The van der Waals surface area contributed by atoms with Crippen LogP contribution in [0.15, 0.2) is 206 Å². The van der Waals surface area contributed by atoms with Gasteiger partial charge in [0.2, 0.25) is 0 Å². The molecule has 0 saturated carbocycles. The Morgan fingerprint density at radius 1 is 0.349 bits per heavy atom. The van der Waals surface area contributed by atoms with E-state index in [0.29, 0.717) is 0 Å². The van der Waals surface area contributed by atoms with Crippen molar-refractivity contribution in [2.75, 3.05) is 5.90 Å². The summed E-state index contributed by atoms with van der Waals surface area (Å²) >= 11 is 0. The topological polar surface area (TPSA) is 0 Å². The van der Waals surface area contributed by atoms with Crippen LogP contribution in [0.4, 0.5) is 0 Å². The van der Waals surface area contributed by atoms with Gasteiger partial charge in [-0.05, 0) is 93.0 Å². The molecule has 0 bridgehead atoms. The fourth-order valence-corrected chi connectivity index (χ4v) is 16.8. The molecule has 0 N–H and O–H groups in total. The Morgan fingerprint density at radius 2 is 0.619 bits per heavy atom. The quantitative estimate of drug-likeness (QED) is 0.0674. The fourth-order valence-electron chi connectivity index (χ4n) is 9.04. The number of fused-ring (bicyclic) bond motifs is 6. The van der Waals surface area contributed by atoms with Gasteiger partial charge in [0.1, 0.15) is 37.1 Å². The number of benzene rings is 8. The van der Waals surface area contributed by atoms with Crippen LogP contribution in [0.5, 0.6) is 0 Å². The van der Waals surface area contributed by atoms with Gasteiger partial charge in [-0.2, -0.15) is 0 Å². The van der Waals surface area contributed by atoms with Gasteiger partial charge in [-0.1, -0.05) is 161 Å². The summed E-state index contributed by atoms with van der Waals surface area (Å²) < 4.78 is 0. The predicted octanol–water partition coefficient (Wildman–Crippen LogP) is 12.5. The number of rotatable bonds is 6. The molecule has 0 aliphatic heterocycles. The van der Waals surface area contributed by atoms with Crippen LogP contribution in [0.25, 0.3) is 22.3 Å². The summed E-state index contributed by atoms with van der Waals surface area (Å²) in [5.74, 6) is 6.19. The first-order valence-corrected chi connectivity index (χ1v) is 24.4. The smallest absolute Gasteiger partial charge is 0.366 e. The first-order valence-electron chi connectivity index (χ1n) is 21.0. The maximum absolute atomic E-state index is 7.25. The molecule has 0 atom stereocenters. The van der Waals surface area contributed by atoms with Crippen molar-refractivity contribution in [1.82, 2.24) is 0 Å². The summed E-state index contributed by atoms with van der Waals surface area (Å²) in [6, 6.07) is 73.9. The molecule has 10 rings (SSSR count). The molecule has 0 saturated heterocycles. The average molecular weight is 1210 g/mol. The van der Waals surface area contributed by atoms with E-state index in [1.54, 1.807) is 0 Å². The zero-order valence-electron chi connectivity index (χ0n) is 35.9. The van der Waals surface area contributed by atoms with Crippen LogP contribution in [0.2, 0.25) is 0 Å². The third-order valence-electron chi connectivity index (χ3n) is 12.3. The molecule has 0 aromatic heterocycles. The van der Waals surface area contributed by atoms with Crippen LogP contribution in [-0.4, -0.2) is 5.90 Å². The molecule has 0 nitrogen and oxygen atoms in total. The molecule has 2 aliphatic carbocycles. The maximum Gasteiger partial charge on any atom is 1.00 e. The second-order valence-electron chi connectivity index (χ2n) is 16.7. The van der Waals surface area contributed by atoms with Crippen LogP contribution in [0, 0.1) is 24.7 Å². The van der Waals surface area contributed by atoms with E-state index >= 15 is 0 Å². The summed E-state index contributed by atoms with van der Waals surface area (Å²) in [6.45, 7) is 8.97. The van der Waals surface area contributed by atoms with Crippen molar-refractivity contribution in [2.24, 2.45) is 0 Å². The molecule has 4 heteroatoms. The van der Waals surface area contributed by atoms with Crippen molar-refractivity contribution in [3.05, 3.63) is 252 Å². The minimum absolute atomic E-state index is 0. The Labute approximate surface area is 409 Å². The summed E-state index contributed by atoms with van der Waals surface area (Å²) in [5.41, 5.74) is 12.3. The molecule has 316 valence electrons. The van der Waals surface area contributed by atoms with Gasteiger partial charge in [-0.25, -0.2) is 0 Å². The molecular weight excluding hydrogens is 1160 g/mol. The summed E-state index contributed by atoms with van der Waals surface area (Å²) in [4.78, 5) is 0. The molecule has 0 radical (unpaired) electrons. The SMILES string of the molecule is [Au+].[Au+].[C-]#Cc1ccc2c(c1)C(C)(C)c1ccccc1-2.[C-]#Cc1ccc2c(c1)C(C)(C)c1ccccc1-2.c1ccc([PH+](C[PH+](c2ccccc2)c2ccccc2)c2ccccc2)cc1. The van der Waals surface area contributed by atoms with Crippen molar-refractivity contribution in [3.63, 3.8) is 0 Å². The zero-order chi connectivity index (χ0) is 42.4. The second kappa shape index (κ2) is 21.3. The first kappa shape index (κ1) is 47.7. The van der Waals surface area contributed by atoms with Crippen LogP contribution in [0.3, 0.4) is 0 Å². The molecule has 63 heavy (non-hydrogen) atoms. The summed E-state index contributed by atoms with van der Waals surface area (Å²) in [6.07, 6.45) is 14.5. The van der Waals surface area contributed by atoms with E-state index in [2.05, 4.69) is 234 Å². The predicted molar refractivity (Wildman–Crippen MR) is 266 cm³/mol. The van der Waals surface area contributed by atoms with Gasteiger partial charge in [0.15, 0.2) is 5.90 Å². The minimum Gasteiger partial charge on any atom is -0.366 e. The van der Waals surface area contributed by atoms with Crippen LogP contribution < -0.4 is 21.2 Å². The van der Waals surface area contributed by atoms with Gasteiger partial charge in [-0.15, -0.1) is 35.4 Å². The van der Waals surface area contributed by atoms with Crippen molar-refractivity contribution in [1.29, 1.82) is 0 Å². The molecular formula is C59H50Au2P2+2. The van der Waals surface area contributed by atoms with Crippen molar-refractivity contribution in [2.45, 2.75) is 38.5 Å². The molecule has 0 fully saturated rings. The Balaban J connectivity index is 0.000000161. The Kier molecular flexibility index (Phi) is 16.1. The summed E-state index contributed by atoms with van der Waals surface area (Å²) in [5, 5.41) is 6.01. The normalized spacial score (nSPS) is 12.8. The van der Waals surface area contributed by atoms with Crippen molar-refractivity contribution < 1.29 is 44.8 Å². The molecule has 8 aromatic carbocycles. The van der Waals surface area contributed by atoms with Crippen molar-refractivity contribution in [3.8, 4) is 34.1 Å². The molecule has 0 spiro atoms. The Morgan fingerprint density at radius 3 is 0.921 bits per heavy atom. The fraction of sp³-hybridized carbons (Fsp3) is 0.119. The molecule has 8 aromatic rings. The summed E-state index contributed by atoms with van der Waals surface area (Å²) in [7, 11) is -1.69. The zero-order valence-corrected chi connectivity index (χ0v) is 42.3. The standard InChI is InChI=1S/C25H22P2.2C17H13.2Au/c1-5-13-22(14-6-1)26(23-15-7-2-8-16-23)21-27(24-17-9-3-10-18-24)25-19-11-4-12-20-25;2*1-4-12-9-10-14-13-7-5-6-8-15(13)17(2,3)16(14)11-12;;/h1-20H,21H2;2*5-11H,2-3H3;;/q;2*-1;2*+1/p+2. The second-order valence-corrected chi connectivity index (χ2v) is 22.3. The van der Waals surface area contributed by atoms with Gasteiger partial charge in [0, 0.05) is 10.8 Å². The van der Waals surface area contributed by atoms with E-state index in [0.717, 1.165) is 11.1 Å². The van der Waals surface area contributed by atoms with E-state index in [9.17, 15) is 0 Å². The van der Waals surface area contributed by atoms with Crippen LogP contribution in [0.1, 0.15) is 61.1 Å². The monoisotopic (exact) mass is 1210 g/mol. The van der Waals surface area contributed by atoms with Gasteiger partial charge in [0.05, 0.1) is 0 Å². The maximum atomic E-state index is 7.25. The largest absolute Gasteiger partial charge is 1.00 e. The molecule has 0 amide bonds. The van der Waals surface area contributed by atoms with Crippen LogP contribution in [-0.2, 0) is 55.6 Å². The third kappa shape index (κ3) is 10.1. The average Bonchev–Trinajstić information content (AvgIpc) is 3.69. The minimum atomic E-state index is -0.847. The van der Waals surface area contributed by atoms with Gasteiger partial charge in [-0.3, -0.25) is 11.8 Å². The van der Waals surface area contributed by atoms with E-state index in [-0.39, 0.29) is 55.6 Å². The molecule has 0 unspecified atom stereocenters. The Hall–Kier alpha value is -4.78. The molecule has 2 aliphatic rings. The van der Waals surface area contributed by atoms with E-state index in [1.165, 1.54) is 71.6 Å². The van der Waals surface area contributed by atoms with E-state index in [4.69, 9.17) is 12.8 Å². The molecule has 0 heterocycles. The first-order chi connectivity index (χ1) is 29.7. The van der Waals surface area contributed by atoms with E-state index < -0.39 is 15.8 Å². The van der Waals surface area contributed by atoms with Gasteiger partial charge in [0.25, 0.3) is 0 Å². The number of hydrogen-bond donors (Lipinski definition) is 0. The van der Waals surface area contributed by atoms with Gasteiger partial charge >= 0.3 is 44.8 Å². The van der Waals surface area contributed by atoms with Crippen LogP contribution >= 0.6 is 15.8 Å².